The highest BCUT2D eigenvalue weighted by atomic mass is 16.6. The summed E-state index contributed by atoms with van der Waals surface area (Å²) in [6.45, 7) is 1.62. The average Bonchev–Trinajstić information content (AvgIpc) is 2.70. The van der Waals surface area contributed by atoms with Gasteiger partial charge in [0.1, 0.15) is 5.75 Å². The number of aliphatic hydroxyl groups excluding tert-OH is 3. The van der Waals surface area contributed by atoms with Crippen LogP contribution in [0.4, 0.5) is 0 Å². The molecule has 2 rings (SSSR count). The molecule has 0 aliphatic rings. The Morgan fingerprint density at radius 1 is 1.00 bits per heavy atom. The Bertz CT molecular complexity index is 669. The van der Waals surface area contributed by atoms with Crippen LogP contribution in [0.15, 0.2) is 54.6 Å². The summed E-state index contributed by atoms with van der Waals surface area (Å²) in [5.41, 5.74) is 0.560. The van der Waals surface area contributed by atoms with Crippen LogP contribution in [-0.4, -0.2) is 40.6 Å². The van der Waals surface area contributed by atoms with E-state index < -0.39 is 11.7 Å². The first-order valence-corrected chi connectivity index (χ1v) is 8.80. The molecule has 2 aromatic carbocycles. The van der Waals surface area contributed by atoms with Crippen LogP contribution in [0.1, 0.15) is 42.1 Å². The molecule has 0 heterocycles. The van der Waals surface area contributed by atoms with Crippen LogP contribution >= 0.6 is 0 Å². The molecule has 5 nitrogen and oxygen atoms in total. The lowest BCUT2D eigenvalue weighted by Crippen LogP contribution is -2.31. The molecule has 0 saturated heterocycles. The molecule has 5 heteroatoms. The van der Waals surface area contributed by atoms with Crippen molar-refractivity contribution in [2.75, 3.05) is 13.2 Å². The molecular formula is C21H26O5. The minimum atomic E-state index is -1.05. The van der Waals surface area contributed by atoms with E-state index in [0.717, 1.165) is 0 Å². The highest BCUT2D eigenvalue weighted by molar-refractivity contribution is 6.08. The molecule has 1 unspecified atom stereocenters. The van der Waals surface area contributed by atoms with Crippen molar-refractivity contribution in [2.45, 2.75) is 32.5 Å². The number of rotatable bonds is 10. The van der Waals surface area contributed by atoms with Crippen molar-refractivity contribution >= 4 is 5.78 Å². The van der Waals surface area contributed by atoms with Gasteiger partial charge < -0.3 is 20.1 Å². The lowest BCUT2D eigenvalue weighted by Gasteiger charge is -2.29. The molecule has 0 spiro atoms. The number of carbonyl (C=O) groups excluding carboxylic acids is 1. The fraction of sp³-hybridized carbons (Fsp3) is 0.381. The van der Waals surface area contributed by atoms with Gasteiger partial charge in [0.2, 0.25) is 0 Å². The van der Waals surface area contributed by atoms with Gasteiger partial charge in [-0.1, -0.05) is 37.3 Å². The number of ketones is 1. The Morgan fingerprint density at radius 2 is 1.58 bits per heavy atom. The van der Waals surface area contributed by atoms with Crippen molar-refractivity contribution in [3.8, 4) is 5.75 Å². The number of ether oxygens (including phenoxy) is 1. The molecule has 0 saturated carbocycles. The van der Waals surface area contributed by atoms with Crippen LogP contribution in [0.2, 0.25) is 0 Å². The zero-order chi connectivity index (χ0) is 19.0. The first kappa shape index (κ1) is 20.1. The van der Waals surface area contributed by atoms with Crippen molar-refractivity contribution in [2.24, 2.45) is 5.41 Å². The van der Waals surface area contributed by atoms with Gasteiger partial charge in [0.15, 0.2) is 12.1 Å². The molecule has 3 N–H and O–H groups in total. The van der Waals surface area contributed by atoms with E-state index in [1.807, 2.05) is 25.1 Å². The van der Waals surface area contributed by atoms with E-state index in [4.69, 9.17) is 4.74 Å². The van der Waals surface area contributed by atoms with E-state index >= 15 is 0 Å². The molecule has 26 heavy (non-hydrogen) atoms. The smallest absolute Gasteiger partial charge is 0.197 e. The van der Waals surface area contributed by atoms with Gasteiger partial charge in [-0.25, -0.2) is 0 Å². The second-order valence-electron chi connectivity index (χ2n) is 6.50. The molecular weight excluding hydrogens is 332 g/mol. The Kier molecular flexibility index (Phi) is 7.33. The second kappa shape index (κ2) is 9.48. The van der Waals surface area contributed by atoms with E-state index in [2.05, 4.69) is 0 Å². The summed E-state index contributed by atoms with van der Waals surface area (Å²) in [5, 5.41) is 28.9. The zero-order valence-electron chi connectivity index (χ0n) is 15.0. The molecule has 1 atom stereocenters. The molecule has 0 aliphatic carbocycles. The van der Waals surface area contributed by atoms with Crippen molar-refractivity contribution in [1.29, 1.82) is 0 Å². The van der Waals surface area contributed by atoms with Crippen LogP contribution < -0.4 is 4.74 Å². The fourth-order valence-corrected chi connectivity index (χ4v) is 2.70. The van der Waals surface area contributed by atoms with Crippen LogP contribution in [-0.2, 0) is 0 Å². The Balaban J connectivity index is 1.93. The van der Waals surface area contributed by atoms with Gasteiger partial charge in [0, 0.05) is 23.0 Å². The molecule has 0 aliphatic heterocycles. The van der Waals surface area contributed by atoms with Crippen LogP contribution in [0, 0.1) is 5.41 Å². The Labute approximate surface area is 153 Å². The van der Waals surface area contributed by atoms with E-state index in [-0.39, 0.29) is 19.0 Å². The number of carbonyl (C=O) groups is 1. The maximum atomic E-state index is 12.4. The monoisotopic (exact) mass is 358 g/mol. The summed E-state index contributed by atoms with van der Waals surface area (Å²) in [5.74, 6) is 0.383. The third-order valence-corrected chi connectivity index (χ3v) is 4.77. The molecule has 140 valence electrons. The van der Waals surface area contributed by atoms with Gasteiger partial charge >= 0.3 is 0 Å². The predicted molar refractivity (Wildman–Crippen MR) is 99.1 cm³/mol. The predicted octanol–water partition coefficient (Wildman–Crippen LogP) is 2.78. The number of hydrogen-bond donors (Lipinski definition) is 3. The summed E-state index contributed by atoms with van der Waals surface area (Å²) < 4.78 is 5.46. The van der Waals surface area contributed by atoms with Crippen molar-refractivity contribution < 1.29 is 24.9 Å². The second-order valence-corrected chi connectivity index (χ2v) is 6.50. The third kappa shape index (κ3) is 5.14. The summed E-state index contributed by atoms with van der Waals surface area (Å²) in [4.78, 5) is 12.4. The molecule has 0 fully saturated rings. The molecule has 0 bridgehead atoms. The van der Waals surface area contributed by atoms with E-state index in [1.165, 1.54) is 0 Å². The SMILES string of the molecule is CCC(CO)(CO)CCC(O)Oc1ccc(C(=O)c2ccccc2)cc1. The lowest BCUT2D eigenvalue weighted by molar-refractivity contribution is -0.0441. The topological polar surface area (TPSA) is 87.0 Å². The quantitative estimate of drug-likeness (QED) is 0.449. The number of hydrogen-bond acceptors (Lipinski definition) is 5. The largest absolute Gasteiger partial charge is 0.465 e. The van der Waals surface area contributed by atoms with Gasteiger partial charge in [-0.15, -0.1) is 0 Å². The molecule has 2 aromatic rings. The highest BCUT2D eigenvalue weighted by Gasteiger charge is 2.27. The van der Waals surface area contributed by atoms with Gasteiger partial charge in [0.05, 0.1) is 13.2 Å². The van der Waals surface area contributed by atoms with Crippen LogP contribution in [0.5, 0.6) is 5.75 Å². The fourth-order valence-electron chi connectivity index (χ4n) is 2.70. The number of aliphatic hydroxyl groups is 3. The van der Waals surface area contributed by atoms with Gasteiger partial charge in [-0.2, -0.15) is 0 Å². The lowest BCUT2D eigenvalue weighted by atomic mass is 9.82. The van der Waals surface area contributed by atoms with Crippen LogP contribution in [0.25, 0.3) is 0 Å². The van der Waals surface area contributed by atoms with E-state index in [0.29, 0.717) is 36.1 Å². The van der Waals surface area contributed by atoms with Crippen molar-refractivity contribution in [3.63, 3.8) is 0 Å². The summed E-state index contributed by atoms with van der Waals surface area (Å²) in [6.07, 6.45) is 0.306. The van der Waals surface area contributed by atoms with Crippen molar-refractivity contribution in [3.05, 3.63) is 65.7 Å². The van der Waals surface area contributed by atoms with Gasteiger partial charge in [-0.05, 0) is 37.1 Å². The Hall–Kier alpha value is -2.21. The van der Waals surface area contributed by atoms with Crippen LogP contribution in [0.3, 0.4) is 0 Å². The molecule has 0 radical (unpaired) electrons. The highest BCUT2D eigenvalue weighted by Crippen LogP contribution is 2.28. The average molecular weight is 358 g/mol. The van der Waals surface area contributed by atoms with Gasteiger partial charge in [-0.3, -0.25) is 4.79 Å². The maximum absolute atomic E-state index is 12.4. The van der Waals surface area contributed by atoms with Gasteiger partial charge in [0.25, 0.3) is 0 Å². The normalized spacial score (nSPS) is 12.6. The minimum absolute atomic E-state index is 0.0729. The third-order valence-electron chi connectivity index (χ3n) is 4.77. The molecule has 0 aromatic heterocycles. The zero-order valence-corrected chi connectivity index (χ0v) is 15.0. The maximum Gasteiger partial charge on any atom is 0.197 e. The number of benzene rings is 2. The summed E-state index contributed by atoms with van der Waals surface area (Å²) in [7, 11) is 0. The first-order valence-electron chi connectivity index (χ1n) is 8.80. The van der Waals surface area contributed by atoms with E-state index in [9.17, 15) is 20.1 Å². The Morgan fingerprint density at radius 3 is 2.12 bits per heavy atom. The summed E-state index contributed by atoms with van der Waals surface area (Å²) >= 11 is 0. The van der Waals surface area contributed by atoms with Crippen molar-refractivity contribution in [1.82, 2.24) is 0 Å². The summed E-state index contributed by atoms with van der Waals surface area (Å²) in [6, 6.07) is 15.6. The van der Waals surface area contributed by atoms with E-state index in [1.54, 1.807) is 36.4 Å². The standard InChI is InChI=1S/C21H26O5/c1-2-21(14-22,15-23)13-12-19(24)26-18-10-8-17(9-11-18)20(25)16-6-4-3-5-7-16/h3-11,19,22-24H,2,12-15H2,1H3. The minimum Gasteiger partial charge on any atom is -0.465 e. The first-order chi connectivity index (χ1) is 12.5. The molecule has 0 amide bonds.